The highest BCUT2D eigenvalue weighted by atomic mass is 35.5. The van der Waals surface area contributed by atoms with Gasteiger partial charge in [0.15, 0.2) is 0 Å². The minimum atomic E-state index is -0.357. The van der Waals surface area contributed by atoms with Crippen molar-refractivity contribution in [3.63, 3.8) is 0 Å². The Morgan fingerprint density at radius 3 is 2.78 bits per heavy atom. The SMILES string of the molecule is O=C1N=C2c3ccccc3OCC2C(c2ccc(Cl)c(Cl)c2)N1. The van der Waals surface area contributed by atoms with E-state index < -0.39 is 0 Å². The van der Waals surface area contributed by atoms with E-state index in [1.165, 1.54) is 0 Å². The second kappa shape index (κ2) is 5.55. The molecule has 23 heavy (non-hydrogen) atoms. The van der Waals surface area contributed by atoms with Crippen molar-refractivity contribution < 1.29 is 9.53 Å². The minimum Gasteiger partial charge on any atom is -0.492 e. The molecule has 4 nitrogen and oxygen atoms in total. The van der Waals surface area contributed by atoms with E-state index in [1.54, 1.807) is 12.1 Å². The van der Waals surface area contributed by atoms with E-state index in [4.69, 9.17) is 27.9 Å². The van der Waals surface area contributed by atoms with Crippen LogP contribution in [0.15, 0.2) is 47.5 Å². The van der Waals surface area contributed by atoms with Gasteiger partial charge in [0.25, 0.3) is 0 Å². The molecular weight excluding hydrogens is 335 g/mol. The molecule has 2 amide bonds. The first-order valence-corrected chi connectivity index (χ1v) is 7.95. The zero-order chi connectivity index (χ0) is 16.0. The standard InChI is InChI=1S/C17H12Cl2N2O2/c18-12-6-5-9(7-13(12)19)15-11-8-23-14-4-2-1-3-10(14)16(11)21-17(22)20-15/h1-7,11,15H,8H2,(H,20,22). The summed E-state index contributed by atoms with van der Waals surface area (Å²) in [6.07, 6.45) is 0. The molecule has 0 saturated heterocycles. The van der Waals surface area contributed by atoms with Gasteiger partial charge in [-0.25, -0.2) is 4.79 Å². The maximum atomic E-state index is 12.1. The average molecular weight is 347 g/mol. The summed E-state index contributed by atoms with van der Waals surface area (Å²) in [5.41, 5.74) is 2.50. The van der Waals surface area contributed by atoms with Crippen molar-refractivity contribution in [1.82, 2.24) is 5.32 Å². The molecule has 6 heteroatoms. The number of rotatable bonds is 1. The molecule has 0 spiro atoms. The van der Waals surface area contributed by atoms with Crippen LogP contribution in [0.25, 0.3) is 0 Å². The van der Waals surface area contributed by atoms with Gasteiger partial charge < -0.3 is 10.1 Å². The summed E-state index contributed by atoms with van der Waals surface area (Å²) in [5.74, 6) is 0.685. The molecule has 0 aromatic heterocycles. The number of hydrogen-bond donors (Lipinski definition) is 1. The van der Waals surface area contributed by atoms with Gasteiger partial charge in [-0.2, -0.15) is 4.99 Å². The Morgan fingerprint density at radius 2 is 1.96 bits per heavy atom. The molecule has 116 valence electrons. The third-order valence-corrected chi connectivity index (χ3v) is 4.88. The summed E-state index contributed by atoms with van der Waals surface area (Å²) in [6, 6.07) is 12.4. The summed E-state index contributed by atoms with van der Waals surface area (Å²) >= 11 is 12.1. The van der Waals surface area contributed by atoms with E-state index >= 15 is 0 Å². The number of aliphatic imine (C=N–C) groups is 1. The van der Waals surface area contributed by atoms with Crippen LogP contribution in [-0.2, 0) is 0 Å². The number of halogens is 2. The molecule has 2 heterocycles. The first-order valence-electron chi connectivity index (χ1n) is 7.20. The van der Waals surface area contributed by atoms with Crippen molar-refractivity contribution in [3.8, 4) is 5.75 Å². The van der Waals surface area contributed by atoms with Crippen LogP contribution in [-0.4, -0.2) is 18.3 Å². The summed E-state index contributed by atoms with van der Waals surface area (Å²) in [6.45, 7) is 0.445. The average Bonchev–Trinajstić information content (AvgIpc) is 2.56. The van der Waals surface area contributed by atoms with Gasteiger partial charge in [-0.1, -0.05) is 41.4 Å². The van der Waals surface area contributed by atoms with Gasteiger partial charge in [-0.15, -0.1) is 0 Å². The minimum absolute atomic E-state index is 0.0696. The smallest absolute Gasteiger partial charge is 0.341 e. The van der Waals surface area contributed by atoms with Crippen LogP contribution in [0, 0.1) is 5.92 Å². The topological polar surface area (TPSA) is 50.7 Å². The van der Waals surface area contributed by atoms with Gasteiger partial charge in [-0.05, 0) is 29.8 Å². The maximum Gasteiger partial charge on any atom is 0.341 e. The predicted molar refractivity (Wildman–Crippen MR) is 89.7 cm³/mol. The lowest BCUT2D eigenvalue weighted by atomic mass is 9.83. The van der Waals surface area contributed by atoms with Crippen LogP contribution in [0.2, 0.25) is 10.0 Å². The number of urea groups is 1. The summed E-state index contributed by atoms with van der Waals surface area (Å²) in [4.78, 5) is 16.3. The van der Waals surface area contributed by atoms with E-state index in [9.17, 15) is 4.79 Å². The van der Waals surface area contributed by atoms with Gasteiger partial charge in [0.2, 0.25) is 0 Å². The fourth-order valence-electron chi connectivity index (χ4n) is 3.06. The molecule has 2 unspecified atom stereocenters. The molecule has 0 aliphatic carbocycles. The van der Waals surface area contributed by atoms with E-state index in [1.807, 2.05) is 30.3 Å². The highest BCUT2D eigenvalue weighted by Gasteiger charge is 2.38. The molecular formula is C17H12Cl2N2O2. The molecule has 2 aromatic carbocycles. The number of carbonyl (C=O) groups is 1. The summed E-state index contributed by atoms with van der Waals surface area (Å²) in [7, 11) is 0. The number of hydrogen-bond acceptors (Lipinski definition) is 2. The van der Waals surface area contributed by atoms with E-state index in [0.717, 1.165) is 22.6 Å². The molecule has 2 aromatic rings. The van der Waals surface area contributed by atoms with Crippen molar-refractivity contribution in [2.24, 2.45) is 10.9 Å². The lowest BCUT2D eigenvalue weighted by Crippen LogP contribution is -2.45. The number of ether oxygens (including phenoxy) is 1. The first kappa shape index (κ1) is 14.5. The molecule has 4 rings (SSSR count). The zero-order valence-corrected chi connectivity index (χ0v) is 13.4. The Hall–Kier alpha value is -2.04. The molecule has 0 saturated carbocycles. The lowest BCUT2D eigenvalue weighted by Gasteiger charge is -2.36. The Kier molecular flexibility index (Phi) is 3.51. The molecule has 0 radical (unpaired) electrons. The van der Waals surface area contributed by atoms with Crippen LogP contribution in [0.1, 0.15) is 17.2 Å². The second-order valence-corrected chi connectivity index (χ2v) is 6.33. The molecule has 2 aliphatic rings. The number of nitrogens with zero attached hydrogens (tertiary/aromatic N) is 1. The number of para-hydroxylation sites is 1. The number of nitrogens with one attached hydrogen (secondary N) is 1. The normalized spacial score (nSPS) is 22.3. The van der Waals surface area contributed by atoms with E-state index in [0.29, 0.717) is 16.7 Å². The fourth-order valence-corrected chi connectivity index (χ4v) is 3.36. The zero-order valence-electron chi connectivity index (χ0n) is 11.9. The largest absolute Gasteiger partial charge is 0.492 e. The Bertz CT molecular complexity index is 835. The molecule has 2 atom stereocenters. The Balaban J connectivity index is 1.79. The third kappa shape index (κ3) is 2.48. The van der Waals surface area contributed by atoms with Crippen LogP contribution in [0.5, 0.6) is 5.75 Å². The van der Waals surface area contributed by atoms with Crippen molar-refractivity contribution in [3.05, 3.63) is 63.6 Å². The fraction of sp³-hybridized carbons (Fsp3) is 0.176. The predicted octanol–water partition coefficient (Wildman–Crippen LogP) is 4.26. The summed E-state index contributed by atoms with van der Waals surface area (Å²) in [5, 5.41) is 3.84. The van der Waals surface area contributed by atoms with Gasteiger partial charge in [0.05, 0.1) is 34.3 Å². The van der Waals surface area contributed by atoms with E-state index in [2.05, 4.69) is 10.3 Å². The first-order chi connectivity index (χ1) is 11.1. The van der Waals surface area contributed by atoms with Crippen molar-refractivity contribution in [2.45, 2.75) is 6.04 Å². The van der Waals surface area contributed by atoms with Crippen LogP contribution < -0.4 is 10.1 Å². The monoisotopic (exact) mass is 346 g/mol. The van der Waals surface area contributed by atoms with Gasteiger partial charge >= 0.3 is 6.03 Å². The Morgan fingerprint density at radius 1 is 1.13 bits per heavy atom. The maximum absolute atomic E-state index is 12.1. The number of fused-ring (bicyclic) bond motifs is 3. The number of benzene rings is 2. The number of amides is 2. The molecule has 1 N–H and O–H groups in total. The highest BCUT2D eigenvalue weighted by Crippen LogP contribution is 2.37. The van der Waals surface area contributed by atoms with Crippen molar-refractivity contribution >= 4 is 34.9 Å². The number of carbonyl (C=O) groups excluding carboxylic acids is 1. The van der Waals surface area contributed by atoms with Gasteiger partial charge in [0, 0.05) is 5.56 Å². The lowest BCUT2D eigenvalue weighted by molar-refractivity contribution is 0.218. The highest BCUT2D eigenvalue weighted by molar-refractivity contribution is 6.42. The molecule has 2 aliphatic heterocycles. The van der Waals surface area contributed by atoms with Gasteiger partial charge in [0.1, 0.15) is 5.75 Å². The van der Waals surface area contributed by atoms with Crippen LogP contribution in [0.4, 0.5) is 4.79 Å². The third-order valence-electron chi connectivity index (χ3n) is 4.14. The molecule has 0 fully saturated rings. The van der Waals surface area contributed by atoms with Crippen molar-refractivity contribution in [2.75, 3.05) is 6.61 Å². The second-order valence-electron chi connectivity index (χ2n) is 5.51. The van der Waals surface area contributed by atoms with Crippen molar-refractivity contribution in [1.29, 1.82) is 0 Å². The Labute approximate surface area is 143 Å². The summed E-state index contributed by atoms with van der Waals surface area (Å²) < 4.78 is 5.84. The quantitative estimate of drug-likeness (QED) is 0.838. The van der Waals surface area contributed by atoms with E-state index in [-0.39, 0.29) is 18.0 Å². The van der Waals surface area contributed by atoms with Gasteiger partial charge in [-0.3, -0.25) is 0 Å². The van der Waals surface area contributed by atoms with Crippen LogP contribution in [0.3, 0.4) is 0 Å². The molecule has 0 bridgehead atoms. The van der Waals surface area contributed by atoms with Crippen LogP contribution >= 0.6 is 23.2 Å².